The van der Waals surface area contributed by atoms with E-state index in [-0.39, 0.29) is 18.9 Å². The second kappa shape index (κ2) is 4.56. The summed E-state index contributed by atoms with van der Waals surface area (Å²) in [5, 5.41) is 10.9. The van der Waals surface area contributed by atoms with Crippen molar-refractivity contribution in [2.24, 2.45) is 0 Å². The van der Waals surface area contributed by atoms with Crippen molar-refractivity contribution in [3.8, 4) is 0 Å². The van der Waals surface area contributed by atoms with Crippen LogP contribution in [0.1, 0.15) is 5.76 Å². The number of furan rings is 1. The van der Waals surface area contributed by atoms with Crippen molar-refractivity contribution >= 4 is 5.91 Å². The van der Waals surface area contributed by atoms with Crippen LogP contribution in [0, 0.1) is 0 Å². The lowest BCUT2D eigenvalue weighted by molar-refractivity contribution is -0.120. The van der Waals surface area contributed by atoms with Crippen LogP contribution in [0.15, 0.2) is 22.8 Å². The van der Waals surface area contributed by atoms with Crippen LogP contribution in [-0.4, -0.2) is 24.2 Å². The third kappa shape index (κ3) is 2.75. The highest BCUT2D eigenvalue weighted by atomic mass is 16.3. The fraction of sp³-hybridized carbons (Fsp3) is 0.375. The molecule has 1 aromatic heterocycles. The Kier molecular flexibility index (Phi) is 3.35. The van der Waals surface area contributed by atoms with Gasteiger partial charge in [-0.3, -0.25) is 4.79 Å². The maximum absolute atomic E-state index is 11.0. The third-order valence-electron chi connectivity index (χ3n) is 1.35. The fourth-order valence-electron chi connectivity index (χ4n) is 0.829. The van der Waals surface area contributed by atoms with Crippen LogP contribution in [-0.2, 0) is 11.2 Å². The Morgan fingerprint density at radius 3 is 3.08 bits per heavy atom. The average molecular weight is 169 g/mol. The molecule has 0 bridgehead atoms. The molecule has 0 aliphatic heterocycles. The number of aliphatic hydroxyl groups excluding tert-OH is 1. The first-order valence-corrected chi connectivity index (χ1v) is 3.73. The Bertz CT molecular complexity index is 230. The van der Waals surface area contributed by atoms with Crippen LogP contribution >= 0.6 is 0 Å². The summed E-state index contributed by atoms with van der Waals surface area (Å²) in [7, 11) is 0. The molecule has 4 heteroatoms. The molecule has 0 fully saturated rings. The second-order valence-corrected chi connectivity index (χ2v) is 2.33. The van der Waals surface area contributed by atoms with Gasteiger partial charge in [-0.1, -0.05) is 0 Å². The smallest absolute Gasteiger partial charge is 0.227 e. The van der Waals surface area contributed by atoms with Gasteiger partial charge in [-0.25, -0.2) is 0 Å². The van der Waals surface area contributed by atoms with Gasteiger partial charge in [0.25, 0.3) is 0 Å². The zero-order chi connectivity index (χ0) is 8.81. The first kappa shape index (κ1) is 8.80. The summed E-state index contributed by atoms with van der Waals surface area (Å²) in [4.78, 5) is 11.0. The second-order valence-electron chi connectivity index (χ2n) is 2.33. The van der Waals surface area contributed by atoms with E-state index in [9.17, 15) is 4.79 Å². The highest BCUT2D eigenvalue weighted by Gasteiger charge is 2.03. The van der Waals surface area contributed by atoms with Crippen LogP contribution in [0.4, 0.5) is 0 Å². The largest absolute Gasteiger partial charge is 0.469 e. The Balaban J connectivity index is 2.27. The van der Waals surface area contributed by atoms with Gasteiger partial charge in [0, 0.05) is 6.54 Å². The number of hydrogen-bond donors (Lipinski definition) is 2. The van der Waals surface area contributed by atoms with Crippen LogP contribution < -0.4 is 5.32 Å². The molecule has 0 aromatic carbocycles. The molecule has 66 valence electrons. The summed E-state index contributed by atoms with van der Waals surface area (Å²) >= 11 is 0. The van der Waals surface area contributed by atoms with Crippen LogP contribution in [0.25, 0.3) is 0 Å². The molecule has 0 atom stereocenters. The van der Waals surface area contributed by atoms with E-state index in [4.69, 9.17) is 9.52 Å². The highest BCUT2D eigenvalue weighted by Crippen LogP contribution is 1.99. The first-order chi connectivity index (χ1) is 5.83. The molecule has 0 saturated heterocycles. The van der Waals surface area contributed by atoms with Gasteiger partial charge in [-0.2, -0.15) is 0 Å². The number of carbonyl (C=O) groups is 1. The number of hydrogen-bond acceptors (Lipinski definition) is 3. The first-order valence-electron chi connectivity index (χ1n) is 3.73. The highest BCUT2D eigenvalue weighted by molar-refractivity contribution is 5.77. The quantitative estimate of drug-likeness (QED) is 0.663. The van der Waals surface area contributed by atoms with Crippen molar-refractivity contribution in [2.45, 2.75) is 6.42 Å². The molecular weight excluding hydrogens is 158 g/mol. The maximum Gasteiger partial charge on any atom is 0.227 e. The van der Waals surface area contributed by atoms with Gasteiger partial charge >= 0.3 is 0 Å². The SMILES string of the molecule is O=C(Cc1ccco1)NCCO. The molecule has 0 spiro atoms. The minimum absolute atomic E-state index is 0.0378. The molecule has 1 aromatic rings. The van der Waals surface area contributed by atoms with Crippen molar-refractivity contribution in [1.82, 2.24) is 5.32 Å². The van der Waals surface area contributed by atoms with Gasteiger partial charge in [0.15, 0.2) is 0 Å². The zero-order valence-corrected chi connectivity index (χ0v) is 6.62. The molecule has 0 unspecified atom stereocenters. The molecule has 0 saturated carbocycles. The molecular formula is C8H11NO3. The molecule has 0 radical (unpaired) electrons. The van der Waals surface area contributed by atoms with E-state index in [1.807, 2.05) is 0 Å². The van der Waals surface area contributed by atoms with Crippen molar-refractivity contribution < 1.29 is 14.3 Å². The predicted molar refractivity (Wildman–Crippen MR) is 42.5 cm³/mol. The van der Waals surface area contributed by atoms with Gasteiger partial charge < -0.3 is 14.8 Å². The number of nitrogens with one attached hydrogen (secondary N) is 1. The average Bonchev–Trinajstić information content (AvgIpc) is 2.53. The normalized spacial score (nSPS) is 9.75. The van der Waals surface area contributed by atoms with E-state index in [0.717, 1.165) is 0 Å². The molecule has 0 aliphatic carbocycles. The fourth-order valence-corrected chi connectivity index (χ4v) is 0.829. The summed E-state index contributed by atoms with van der Waals surface area (Å²) in [6, 6.07) is 3.47. The number of rotatable bonds is 4. The molecule has 2 N–H and O–H groups in total. The molecule has 12 heavy (non-hydrogen) atoms. The van der Waals surface area contributed by atoms with Crippen molar-refractivity contribution in [3.63, 3.8) is 0 Å². The van der Waals surface area contributed by atoms with Gasteiger partial charge in [-0.05, 0) is 12.1 Å². The lowest BCUT2D eigenvalue weighted by Crippen LogP contribution is -2.27. The van der Waals surface area contributed by atoms with Crippen molar-refractivity contribution in [1.29, 1.82) is 0 Å². The van der Waals surface area contributed by atoms with Crippen molar-refractivity contribution in [3.05, 3.63) is 24.2 Å². The summed E-state index contributed by atoms with van der Waals surface area (Å²) in [5.74, 6) is 0.490. The van der Waals surface area contributed by atoms with E-state index in [1.54, 1.807) is 12.1 Å². The third-order valence-corrected chi connectivity index (χ3v) is 1.35. The van der Waals surface area contributed by atoms with Gasteiger partial charge in [0.1, 0.15) is 5.76 Å². The van der Waals surface area contributed by atoms with Gasteiger partial charge in [0.2, 0.25) is 5.91 Å². The molecule has 1 amide bonds. The van der Waals surface area contributed by atoms with E-state index in [2.05, 4.69) is 5.32 Å². The van der Waals surface area contributed by atoms with Crippen LogP contribution in [0.3, 0.4) is 0 Å². The van der Waals surface area contributed by atoms with E-state index < -0.39 is 0 Å². The molecule has 0 aliphatic rings. The lowest BCUT2D eigenvalue weighted by atomic mass is 10.3. The molecule has 4 nitrogen and oxygen atoms in total. The van der Waals surface area contributed by atoms with E-state index >= 15 is 0 Å². The molecule has 1 rings (SSSR count). The Hall–Kier alpha value is -1.29. The zero-order valence-electron chi connectivity index (χ0n) is 6.62. The Morgan fingerprint density at radius 1 is 1.67 bits per heavy atom. The number of amides is 1. The standard InChI is InChI=1S/C8H11NO3/c10-4-3-9-8(11)6-7-2-1-5-12-7/h1-2,5,10H,3-4,6H2,(H,9,11). The summed E-state index contributed by atoms with van der Waals surface area (Å²) < 4.78 is 4.96. The van der Waals surface area contributed by atoms with Crippen molar-refractivity contribution in [2.75, 3.05) is 13.2 Å². The number of aliphatic hydroxyl groups is 1. The summed E-state index contributed by atoms with van der Waals surface area (Å²) in [5.41, 5.74) is 0. The predicted octanol–water partition coefficient (Wildman–Crippen LogP) is -0.0694. The monoisotopic (exact) mass is 169 g/mol. The van der Waals surface area contributed by atoms with Gasteiger partial charge in [-0.15, -0.1) is 0 Å². The maximum atomic E-state index is 11.0. The van der Waals surface area contributed by atoms with E-state index in [0.29, 0.717) is 12.3 Å². The molecule has 1 heterocycles. The number of carbonyl (C=O) groups excluding carboxylic acids is 1. The van der Waals surface area contributed by atoms with E-state index in [1.165, 1.54) is 6.26 Å². The van der Waals surface area contributed by atoms with Crippen LogP contribution in [0.5, 0.6) is 0 Å². The minimum Gasteiger partial charge on any atom is -0.469 e. The topological polar surface area (TPSA) is 62.5 Å². The van der Waals surface area contributed by atoms with Crippen LogP contribution in [0.2, 0.25) is 0 Å². The Labute approximate surface area is 70.2 Å². The summed E-state index contributed by atoms with van der Waals surface area (Å²) in [6.45, 7) is 0.253. The van der Waals surface area contributed by atoms with Gasteiger partial charge in [0.05, 0.1) is 19.3 Å². The summed E-state index contributed by atoms with van der Waals surface area (Å²) in [6.07, 6.45) is 1.75. The Morgan fingerprint density at radius 2 is 2.50 bits per heavy atom. The lowest BCUT2D eigenvalue weighted by Gasteiger charge is -1.99. The minimum atomic E-state index is -0.140.